The van der Waals surface area contributed by atoms with Crippen LogP contribution < -0.4 is 0 Å². The SMILES string of the molecule is COC(=O)C1CC(C)(c2cnn(CC(F)(F)F)c2)c2c1cnc1cc(F)nn21. The fourth-order valence-electron chi connectivity index (χ4n) is 3.87. The van der Waals surface area contributed by atoms with E-state index in [-0.39, 0.29) is 12.1 Å². The van der Waals surface area contributed by atoms with Crippen LogP contribution in [0.3, 0.4) is 0 Å². The fourth-order valence-corrected chi connectivity index (χ4v) is 3.87. The van der Waals surface area contributed by atoms with Crippen LogP contribution in [0.4, 0.5) is 17.6 Å². The van der Waals surface area contributed by atoms with Gasteiger partial charge in [0.1, 0.15) is 6.54 Å². The lowest BCUT2D eigenvalue weighted by atomic mass is 9.80. The Hall–Kier alpha value is -2.98. The number of halogens is 4. The van der Waals surface area contributed by atoms with Gasteiger partial charge in [-0.25, -0.2) is 9.50 Å². The van der Waals surface area contributed by atoms with Crippen molar-refractivity contribution in [3.05, 3.63) is 47.4 Å². The summed E-state index contributed by atoms with van der Waals surface area (Å²) in [5.74, 6) is -1.97. The third-order valence-electron chi connectivity index (χ3n) is 5.09. The molecule has 3 aromatic heterocycles. The Morgan fingerprint density at radius 2 is 2.14 bits per heavy atom. The van der Waals surface area contributed by atoms with Gasteiger partial charge in [-0.2, -0.15) is 22.7 Å². The van der Waals surface area contributed by atoms with Crippen LogP contribution in [-0.2, 0) is 21.5 Å². The number of fused-ring (bicyclic) bond motifs is 3. The Balaban J connectivity index is 1.89. The highest BCUT2D eigenvalue weighted by Crippen LogP contribution is 2.49. The van der Waals surface area contributed by atoms with Crippen LogP contribution in [0.1, 0.15) is 36.1 Å². The highest BCUT2D eigenvalue weighted by molar-refractivity contribution is 5.80. The first-order valence-corrected chi connectivity index (χ1v) is 8.34. The molecule has 11 heteroatoms. The first-order valence-electron chi connectivity index (χ1n) is 8.34. The molecule has 1 aliphatic carbocycles. The molecular formula is C17H15F4N5O2. The van der Waals surface area contributed by atoms with Crippen molar-refractivity contribution in [1.29, 1.82) is 0 Å². The lowest BCUT2D eigenvalue weighted by Gasteiger charge is -2.24. The topological polar surface area (TPSA) is 74.3 Å². The maximum Gasteiger partial charge on any atom is 0.408 e. The number of ether oxygens (including phenoxy) is 1. The van der Waals surface area contributed by atoms with Gasteiger partial charge in [-0.3, -0.25) is 9.48 Å². The smallest absolute Gasteiger partial charge is 0.408 e. The largest absolute Gasteiger partial charge is 0.469 e. The number of hydrogen-bond acceptors (Lipinski definition) is 5. The van der Waals surface area contributed by atoms with Gasteiger partial charge in [0.2, 0.25) is 5.95 Å². The molecule has 3 aromatic rings. The molecule has 0 fully saturated rings. The van der Waals surface area contributed by atoms with Gasteiger partial charge in [-0.05, 0) is 13.3 Å². The zero-order chi connectivity index (χ0) is 20.3. The first kappa shape index (κ1) is 18.4. The maximum absolute atomic E-state index is 13.8. The molecule has 3 heterocycles. The van der Waals surface area contributed by atoms with Crippen LogP contribution in [0.2, 0.25) is 0 Å². The van der Waals surface area contributed by atoms with E-state index in [1.165, 1.54) is 30.2 Å². The number of esters is 1. The van der Waals surface area contributed by atoms with Crippen LogP contribution in [0.15, 0.2) is 24.7 Å². The first-order chi connectivity index (χ1) is 13.1. The number of nitrogens with zero attached hydrogens (tertiary/aromatic N) is 5. The number of rotatable bonds is 3. The van der Waals surface area contributed by atoms with Gasteiger partial charge in [0, 0.05) is 35.0 Å². The number of carbonyl (C=O) groups is 1. The van der Waals surface area contributed by atoms with E-state index in [4.69, 9.17) is 4.74 Å². The molecule has 0 radical (unpaired) electrons. The van der Waals surface area contributed by atoms with E-state index in [2.05, 4.69) is 15.2 Å². The summed E-state index contributed by atoms with van der Waals surface area (Å²) in [6.45, 7) is 0.515. The Morgan fingerprint density at radius 1 is 1.39 bits per heavy atom. The minimum absolute atomic E-state index is 0.203. The second-order valence-electron chi connectivity index (χ2n) is 6.95. The molecule has 0 N–H and O–H groups in total. The van der Waals surface area contributed by atoms with Crippen LogP contribution in [0, 0.1) is 5.95 Å². The molecule has 7 nitrogen and oxygen atoms in total. The zero-order valence-electron chi connectivity index (χ0n) is 14.9. The highest BCUT2D eigenvalue weighted by Gasteiger charge is 2.48. The molecular weight excluding hydrogens is 382 g/mol. The van der Waals surface area contributed by atoms with Crippen LogP contribution in [0.25, 0.3) is 5.65 Å². The van der Waals surface area contributed by atoms with Crippen LogP contribution >= 0.6 is 0 Å². The predicted molar refractivity (Wildman–Crippen MR) is 87.1 cm³/mol. The van der Waals surface area contributed by atoms with Crippen molar-refractivity contribution < 1.29 is 27.1 Å². The average Bonchev–Trinajstić information content (AvgIpc) is 3.28. The minimum Gasteiger partial charge on any atom is -0.469 e. The molecule has 4 rings (SSSR count). The molecule has 0 spiro atoms. The number of alkyl halides is 3. The minimum atomic E-state index is -4.42. The van der Waals surface area contributed by atoms with Crippen LogP contribution in [-0.4, -0.2) is 43.6 Å². The Bertz CT molecular complexity index is 1070. The second kappa shape index (κ2) is 6.01. The maximum atomic E-state index is 13.8. The summed E-state index contributed by atoms with van der Waals surface area (Å²) in [5, 5.41) is 7.62. The van der Waals surface area contributed by atoms with E-state index >= 15 is 0 Å². The Morgan fingerprint density at radius 3 is 2.82 bits per heavy atom. The van der Waals surface area contributed by atoms with Crippen molar-refractivity contribution in [2.45, 2.75) is 37.4 Å². The molecule has 1 aliphatic rings. The molecule has 0 aromatic carbocycles. The number of hydrogen-bond donors (Lipinski definition) is 0. The predicted octanol–water partition coefficient (Wildman–Crippen LogP) is 2.59. The average molecular weight is 397 g/mol. The summed E-state index contributed by atoms with van der Waals surface area (Å²) < 4.78 is 58.8. The summed E-state index contributed by atoms with van der Waals surface area (Å²) in [7, 11) is 1.25. The number of methoxy groups -OCH3 is 1. The third-order valence-corrected chi connectivity index (χ3v) is 5.09. The van der Waals surface area contributed by atoms with Gasteiger partial charge < -0.3 is 4.74 Å². The Labute approximate surface area is 155 Å². The van der Waals surface area contributed by atoms with Gasteiger partial charge in [-0.15, -0.1) is 5.10 Å². The highest BCUT2D eigenvalue weighted by atomic mass is 19.4. The molecule has 0 bridgehead atoms. The van der Waals surface area contributed by atoms with Crippen molar-refractivity contribution in [2.24, 2.45) is 0 Å². The van der Waals surface area contributed by atoms with Crippen LogP contribution in [0.5, 0.6) is 0 Å². The lowest BCUT2D eigenvalue weighted by Crippen LogP contribution is -2.24. The number of aromatic nitrogens is 5. The van der Waals surface area contributed by atoms with Gasteiger partial charge in [0.15, 0.2) is 5.65 Å². The molecule has 0 amide bonds. The van der Waals surface area contributed by atoms with E-state index in [1.54, 1.807) is 6.92 Å². The van der Waals surface area contributed by atoms with Crippen molar-refractivity contribution in [1.82, 2.24) is 24.4 Å². The molecule has 0 aliphatic heterocycles. The number of carbonyl (C=O) groups excluding carboxylic acids is 1. The van der Waals surface area contributed by atoms with Gasteiger partial charge >= 0.3 is 12.1 Å². The quantitative estimate of drug-likeness (QED) is 0.502. The van der Waals surface area contributed by atoms with Crippen molar-refractivity contribution in [2.75, 3.05) is 7.11 Å². The summed E-state index contributed by atoms with van der Waals surface area (Å²) in [5.41, 5.74) is 0.706. The summed E-state index contributed by atoms with van der Waals surface area (Å²) >= 11 is 0. The lowest BCUT2D eigenvalue weighted by molar-refractivity contribution is -0.143. The monoisotopic (exact) mass is 397 g/mol. The van der Waals surface area contributed by atoms with Crippen molar-refractivity contribution in [3.8, 4) is 0 Å². The molecule has 0 saturated heterocycles. The van der Waals surface area contributed by atoms with Gasteiger partial charge in [0.05, 0.1) is 24.9 Å². The Kier molecular flexibility index (Phi) is 3.95. The standard InChI is InChI=1S/C17H15F4N5O2/c1-16(9-5-23-25(7-9)8-17(19,20)21)4-10(15(27)28-2)11-6-22-13-3-12(18)24-26(13)14(11)16/h3,5-7,10H,4,8H2,1-2H3. The second-order valence-corrected chi connectivity index (χ2v) is 6.95. The molecule has 148 valence electrons. The normalized spacial score (nSPS) is 21.9. The molecule has 28 heavy (non-hydrogen) atoms. The van der Waals surface area contributed by atoms with Crippen molar-refractivity contribution >= 4 is 11.6 Å². The molecule has 2 unspecified atom stereocenters. The molecule has 2 atom stereocenters. The van der Waals surface area contributed by atoms with E-state index < -0.39 is 36.0 Å². The molecule has 0 saturated carbocycles. The van der Waals surface area contributed by atoms with Gasteiger partial charge in [-0.1, -0.05) is 0 Å². The van der Waals surface area contributed by atoms with E-state index in [1.807, 2.05) is 0 Å². The van der Waals surface area contributed by atoms with E-state index in [0.717, 1.165) is 10.7 Å². The third kappa shape index (κ3) is 2.81. The summed E-state index contributed by atoms with van der Waals surface area (Å²) in [4.78, 5) is 16.4. The van der Waals surface area contributed by atoms with E-state index in [0.29, 0.717) is 16.8 Å². The zero-order valence-corrected chi connectivity index (χ0v) is 14.9. The van der Waals surface area contributed by atoms with Crippen molar-refractivity contribution in [3.63, 3.8) is 0 Å². The fraction of sp³-hybridized carbons (Fsp3) is 0.412. The summed E-state index contributed by atoms with van der Waals surface area (Å²) in [6.07, 6.45) is -0.160. The van der Waals surface area contributed by atoms with Gasteiger partial charge in [0.25, 0.3) is 0 Å². The summed E-state index contributed by atoms with van der Waals surface area (Å²) in [6, 6.07) is 1.14. The van der Waals surface area contributed by atoms with E-state index in [9.17, 15) is 22.4 Å².